The molecule has 0 fully saturated rings. The van der Waals surface area contributed by atoms with Gasteiger partial charge in [0.1, 0.15) is 0 Å². The molecule has 0 aliphatic heterocycles. The van der Waals surface area contributed by atoms with Gasteiger partial charge in [-0.1, -0.05) is 96.6 Å². The summed E-state index contributed by atoms with van der Waals surface area (Å²) < 4.78 is 0. The third-order valence-corrected chi connectivity index (χ3v) is 4.43. The Morgan fingerprint density at radius 2 is 1.14 bits per heavy atom. The van der Waals surface area contributed by atoms with E-state index in [2.05, 4.69) is 91.0 Å². The lowest BCUT2D eigenvalue weighted by Crippen LogP contribution is -2.04. The molecule has 0 nitrogen and oxygen atoms in total. The topological polar surface area (TPSA) is 0 Å². The minimum atomic E-state index is 0.342. The van der Waals surface area contributed by atoms with Crippen LogP contribution >= 0.6 is 0 Å². The Morgan fingerprint density at radius 3 is 1.73 bits per heavy atom. The monoisotopic (exact) mass is 282 g/mol. The average Bonchev–Trinajstić information content (AvgIpc) is 3.00. The summed E-state index contributed by atoms with van der Waals surface area (Å²) in [4.78, 5) is 0. The zero-order chi connectivity index (χ0) is 14.8. The quantitative estimate of drug-likeness (QED) is 0.598. The second-order valence-electron chi connectivity index (χ2n) is 5.85. The molecule has 0 saturated heterocycles. The molecular weight excluding hydrogens is 264 g/mol. The third kappa shape index (κ3) is 2.37. The Hall–Kier alpha value is -2.60. The number of benzene rings is 3. The van der Waals surface area contributed by atoms with Gasteiger partial charge in [-0.15, -0.1) is 0 Å². The molecule has 0 heterocycles. The van der Waals surface area contributed by atoms with Crippen molar-refractivity contribution in [2.24, 2.45) is 0 Å². The first-order valence-corrected chi connectivity index (χ1v) is 7.80. The first-order valence-electron chi connectivity index (χ1n) is 7.80. The van der Waals surface area contributed by atoms with Gasteiger partial charge in [0.15, 0.2) is 0 Å². The van der Waals surface area contributed by atoms with E-state index in [1.165, 1.54) is 27.8 Å². The Bertz CT molecular complexity index is 758. The van der Waals surface area contributed by atoms with Crippen LogP contribution in [0.2, 0.25) is 0 Å². The predicted molar refractivity (Wildman–Crippen MR) is 92.9 cm³/mol. The molecule has 1 aliphatic rings. The third-order valence-electron chi connectivity index (χ3n) is 4.43. The van der Waals surface area contributed by atoms with Crippen molar-refractivity contribution in [1.29, 1.82) is 0 Å². The Kier molecular flexibility index (Phi) is 3.36. The van der Waals surface area contributed by atoms with Crippen LogP contribution in [-0.2, 0) is 6.42 Å². The molecule has 0 spiro atoms. The average molecular weight is 282 g/mol. The van der Waals surface area contributed by atoms with Crippen LogP contribution in [0, 0.1) is 0 Å². The second kappa shape index (κ2) is 5.65. The molecule has 3 aromatic rings. The molecule has 0 amide bonds. The van der Waals surface area contributed by atoms with Gasteiger partial charge in [0.05, 0.1) is 0 Å². The number of fused-ring (bicyclic) bond motifs is 1. The van der Waals surface area contributed by atoms with Crippen molar-refractivity contribution in [3.63, 3.8) is 0 Å². The summed E-state index contributed by atoms with van der Waals surface area (Å²) >= 11 is 0. The van der Waals surface area contributed by atoms with Crippen LogP contribution in [0.5, 0.6) is 0 Å². The zero-order valence-corrected chi connectivity index (χ0v) is 12.4. The molecule has 4 rings (SSSR count). The standard InChI is InChI=1S/C22H18/c1-3-9-17(10-4-1)22(18-11-5-2-6-12-18)21-15-19-13-7-8-14-20(19)16-21/h1-15,22H,16H2. The first-order chi connectivity index (χ1) is 10.9. The van der Waals surface area contributed by atoms with Crippen LogP contribution < -0.4 is 0 Å². The smallest absolute Gasteiger partial charge is 0.0305 e. The molecule has 22 heavy (non-hydrogen) atoms. The summed E-state index contributed by atoms with van der Waals surface area (Å²) in [5.74, 6) is 0.342. The molecule has 1 aliphatic carbocycles. The molecule has 0 aromatic heterocycles. The Labute approximate surface area is 131 Å². The second-order valence-corrected chi connectivity index (χ2v) is 5.85. The van der Waals surface area contributed by atoms with E-state index in [0.29, 0.717) is 5.92 Å². The summed E-state index contributed by atoms with van der Waals surface area (Å²) in [5.41, 5.74) is 7.03. The van der Waals surface area contributed by atoms with Crippen molar-refractivity contribution in [1.82, 2.24) is 0 Å². The molecule has 0 N–H and O–H groups in total. The normalized spacial score (nSPS) is 13.0. The van der Waals surface area contributed by atoms with E-state index in [-0.39, 0.29) is 0 Å². The van der Waals surface area contributed by atoms with Gasteiger partial charge in [0, 0.05) is 5.92 Å². The van der Waals surface area contributed by atoms with Gasteiger partial charge in [-0.05, 0) is 28.7 Å². The highest BCUT2D eigenvalue weighted by atomic mass is 14.3. The maximum atomic E-state index is 2.38. The van der Waals surface area contributed by atoms with Crippen LogP contribution in [0.15, 0.2) is 90.5 Å². The van der Waals surface area contributed by atoms with E-state index in [0.717, 1.165) is 6.42 Å². The van der Waals surface area contributed by atoms with Crippen LogP contribution in [0.1, 0.15) is 28.2 Å². The van der Waals surface area contributed by atoms with Gasteiger partial charge in [-0.2, -0.15) is 0 Å². The molecular formula is C22H18. The van der Waals surface area contributed by atoms with Crippen molar-refractivity contribution < 1.29 is 0 Å². The highest BCUT2D eigenvalue weighted by Gasteiger charge is 2.23. The van der Waals surface area contributed by atoms with E-state index in [1.54, 1.807) is 0 Å². The number of allylic oxidation sites excluding steroid dienone is 1. The molecule has 0 atom stereocenters. The van der Waals surface area contributed by atoms with Gasteiger partial charge in [0.2, 0.25) is 0 Å². The van der Waals surface area contributed by atoms with E-state index < -0.39 is 0 Å². The van der Waals surface area contributed by atoms with Gasteiger partial charge in [-0.25, -0.2) is 0 Å². The van der Waals surface area contributed by atoms with Crippen molar-refractivity contribution in [2.75, 3.05) is 0 Å². The van der Waals surface area contributed by atoms with E-state index in [1.807, 2.05) is 0 Å². The minimum Gasteiger partial charge on any atom is -0.0622 e. The SMILES string of the molecule is C1=C(C(c2ccccc2)c2ccccc2)Cc2ccccc21. The largest absolute Gasteiger partial charge is 0.0622 e. The van der Waals surface area contributed by atoms with E-state index >= 15 is 0 Å². The van der Waals surface area contributed by atoms with Crippen molar-refractivity contribution >= 4 is 6.08 Å². The summed E-state index contributed by atoms with van der Waals surface area (Å²) in [6.07, 6.45) is 3.42. The van der Waals surface area contributed by atoms with Gasteiger partial charge < -0.3 is 0 Å². The highest BCUT2D eigenvalue weighted by molar-refractivity contribution is 5.67. The maximum Gasteiger partial charge on any atom is 0.0305 e. The lowest BCUT2D eigenvalue weighted by Gasteiger charge is -2.20. The summed E-state index contributed by atoms with van der Waals surface area (Å²) in [7, 11) is 0. The van der Waals surface area contributed by atoms with Crippen molar-refractivity contribution in [3.8, 4) is 0 Å². The van der Waals surface area contributed by atoms with Crippen LogP contribution in [-0.4, -0.2) is 0 Å². The summed E-state index contributed by atoms with van der Waals surface area (Å²) in [5, 5.41) is 0. The summed E-state index contributed by atoms with van der Waals surface area (Å²) in [6.45, 7) is 0. The van der Waals surface area contributed by atoms with Crippen molar-refractivity contribution in [3.05, 3.63) is 113 Å². The fourth-order valence-corrected chi connectivity index (χ4v) is 3.40. The lowest BCUT2D eigenvalue weighted by atomic mass is 9.84. The van der Waals surface area contributed by atoms with Gasteiger partial charge in [-0.3, -0.25) is 0 Å². The molecule has 0 bridgehead atoms. The molecule has 0 unspecified atom stereocenters. The number of hydrogen-bond acceptors (Lipinski definition) is 0. The minimum absolute atomic E-state index is 0.342. The van der Waals surface area contributed by atoms with Crippen LogP contribution in [0.25, 0.3) is 6.08 Å². The predicted octanol–water partition coefficient (Wildman–Crippen LogP) is 5.46. The summed E-state index contributed by atoms with van der Waals surface area (Å²) in [6, 6.07) is 30.4. The maximum absolute atomic E-state index is 2.38. The van der Waals surface area contributed by atoms with Crippen LogP contribution in [0.3, 0.4) is 0 Å². The zero-order valence-electron chi connectivity index (χ0n) is 12.4. The Balaban J connectivity index is 1.80. The molecule has 0 saturated carbocycles. The molecule has 0 heteroatoms. The number of hydrogen-bond donors (Lipinski definition) is 0. The van der Waals surface area contributed by atoms with Gasteiger partial charge >= 0.3 is 0 Å². The fourth-order valence-electron chi connectivity index (χ4n) is 3.40. The molecule has 3 aromatic carbocycles. The van der Waals surface area contributed by atoms with Crippen LogP contribution in [0.4, 0.5) is 0 Å². The van der Waals surface area contributed by atoms with Crippen molar-refractivity contribution in [2.45, 2.75) is 12.3 Å². The molecule has 0 radical (unpaired) electrons. The molecule has 106 valence electrons. The number of rotatable bonds is 3. The highest BCUT2D eigenvalue weighted by Crippen LogP contribution is 2.38. The van der Waals surface area contributed by atoms with Gasteiger partial charge in [0.25, 0.3) is 0 Å². The van der Waals surface area contributed by atoms with E-state index in [9.17, 15) is 0 Å². The fraction of sp³-hybridized carbons (Fsp3) is 0.0909. The lowest BCUT2D eigenvalue weighted by molar-refractivity contribution is 0.917. The van der Waals surface area contributed by atoms with E-state index in [4.69, 9.17) is 0 Å². The Morgan fingerprint density at radius 1 is 0.591 bits per heavy atom. The first kappa shape index (κ1) is 13.1.